The Labute approximate surface area is 200 Å². The molecule has 3 aromatic rings. The van der Waals surface area contributed by atoms with Crippen LogP contribution in [0, 0.1) is 0 Å². The second kappa shape index (κ2) is 11.1. The topological polar surface area (TPSA) is 78.9 Å². The molecule has 0 aliphatic rings. The first-order valence-corrected chi connectivity index (χ1v) is 12.2. The van der Waals surface area contributed by atoms with Crippen LogP contribution in [0.25, 0.3) is 0 Å². The molecule has 6 nitrogen and oxygen atoms in total. The molecule has 0 amide bonds. The molecule has 0 aliphatic carbocycles. The highest BCUT2D eigenvalue weighted by molar-refractivity contribution is 7.71. The van der Waals surface area contributed by atoms with Crippen LogP contribution in [0.15, 0.2) is 54.6 Å². The van der Waals surface area contributed by atoms with E-state index in [1.165, 1.54) is 33.5 Å². The lowest BCUT2D eigenvalue weighted by Crippen LogP contribution is -2.18. The van der Waals surface area contributed by atoms with E-state index in [0.29, 0.717) is 24.2 Å². The number of hydrogen-bond donors (Lipinski definition) is 0. The molecule has 1 atom stereocenters. The largest absolute Gasteiger partial charge is 0.496 e. The number of benzene rings is 3. The molecule has 3 aromatic carbocycles. The summed E-state index contributed by atoms with van der Waals surface area (Å²) >= 11 is 0. The van der Waals surface area contributed by atoms with E-state index in [4.69, 9.17) is 14.2 Å². The molecule has 0 spiro atoms. The number of ketones is 1. The molecular formula is C27H28O6P+. The predicted octanol–water partition coefficient (Wildman–Crippen LogP) is 5.36. The molecular weight excluding hydrogens is 451 g/mol. The average molecular weight is 479 g/mol. The normalized spacial score (nSPS) is 11.0. The van der Waals surface area contributed by atoms with Gasteiger partial charge in [-0.3, -0.25) is 4.79 Å². The van der Waals surface area contributed by atoms with Gasteiger partial charge in [0, 0.05) is 17.7 Å². The summed E-state index contributed by atoms with van der Waals surface area (Å²) < 4.78 is 29.6. The van der Waals surface area contributed by atoms with Crippen LogP contribution in [0.4, 0.5) is 0 Å². The van der Waals surface area contributed by atoms with E-state index in [0.717, 1.165) is 11.1 Å². The molecule has 0 aromatic heterocycles. The molecule has 3 rings (SSSR count). The third-order valence-corrected chi connectivity index (χ3v) is 7.13. The second-order valence-electron chi connectivity index (χ2n) is 7.51. The Morgan fingerprint density at radius 1 is 0.765 bits per heavy atom. The highest BCUT2D eigenvalue weighted by atomic mass is 31.1. The van der Waals surface area contributed by atoms with Gasteiger partial charge < -0.3 is 14.2 Å². The second-order valence-corrected chi connectivity index (χ2v) is 8.99. The molecule has 0 saturated carbocycles. The number of rotatable bonds is 10. The minimum atomic E-state index is -2.65. The molecule has 0 saturated heterocycles. The Kier molecular flexibility index (Phi) is 8.19. The summed E-state index contributed by atoms with van der Waals surface area (Å²) in [6.07, 6.45) is 1.37. The van der Waals surface area contributed by atoms with E-state index >= 15 is 0 Å². The molecule has 0 aliphatic heterocycles. The smallest absolute Gasteiger partial charge is 0.459 e. The van der Waals surface area contributed by atoms with Crippen LogP contribution in [0.3, 0.4) is 0 Å². The number of carbonyl (C=O) groups excluding carboxylic acids is 2. The van der Waals surface area contributed by atoms with Crippen molar-refractivity contribution >= 4 is 24.4 Å². The lowest BCUT2D eigenvalue weighted by atomic mass is 9.91. The van der Waals surface area contributed by atoms with Crippen LogP contribution in [0.1, 0.15) is 51.3 Å². The van der Waals surface area contributed by atoms with Crippen LogP contribution >= 0.6 is 7.80 Å². The van der Waals surface area contributed by atoms with Crippen LogP contribution in [0.2, 0.25) is 0 Å². The van der Waals surface area contributed by atoms with E-state index in [9.17, 15) is 14.2 Å². The highest BCUT2D eigenvalue weighted by Gasteiger charge is 2.41. The van der Waals surface area contributed by atoms with Gasteiger partial charge in [0.2, 0.25) is 5.30 Å². The standard InChI is InChI=1S/C27H28O6P/c1-6-17-11-10-12-18(7-2)24(17)26(28)20-13-8-9-14-23(20)34(30)27(29)25-21(32-4)15-19(31-3)16-22(25)33-5/h8-16H,6-7H2,1-5H3/q+1. The molecule has 0 heterocycles. The maximum atomic E-state index is 13.7. The van der Waals surface area contributed by atoms with Crippen molar-refractivity contribution in [1.29, 1.82) is 0 Å². The SMILES string of the molecule is CCc1cccc(CC)c1C(=O)c1ccccc1[P+](=O)C(=O)c1c(OC)cc(OC)cc1OC. The fraction of sp³-hybridized carbons (Fsp3) is 0.259. The zero-order chi connectivity index (χ0) is 24.8. The van der Waals surface area contributed by atoms with Crippen molar-refractivity contribution in [1.82, 2.24) is 0 Å². The molecule has 0 N–H and O–H groups in total. The van der Waals surface area contributed by atoms with Gasteiger partial charge in [-0.1, -0.05) is 48.7 Å². The summed E-state index contributed by atoms with van der Waals surface area (Å²) in [5.74, 6) is 0.546. The number of ether oxygens (including phenoxy) is 3. The first kappa shape index (κ1) is 25.1. The maximum absolute atomic E-state index is 13.7. The first-order valence-electron chi connectivity index (χ1n) is 11.0. The van der Waals surface area contributed by atoms with Gasteiger partial charge >= 0.3 is 13.3 Å². The Morgan fingerprint density at radius 3 is 1.82 bits per heavy atom. The summed E-state index contributed by atoms with van der Waals surface area (Å²) in [4.78, 5) is 27.2. The zero-order valence-electron chi connectivity index (χ0n) is 20.0. The van der Waals surface area contributed by atoms with Crippen LogP contribution in [-0.2, 0) is 17.4 Å². The van der Waals surface area contributed by atoms with Crippen molar-refractivity contribution in [2.45, 2.75) is 26.7 Å². The van der Waals surface area contributed by atoms with E-state index in [-0.39, 0.29) is 33.7 Å². The zero-order valence-corrected chi connectivity index (χ0v) is 20.9. The third kappa shape index (κ3) is 4.73. The number of hydrogen-bond acceptors (Lipinski definition) is 6. The molecule has 1 unspecified atom stereocenters. The summed E-state index contributed by atoms with van der Waals surface area (Å²) in [5.41, 5.74) is 2.04. The quantitative estimate of drug-likeness (QED) is 0.288. The van der Waals surface area contributed by atoms with Crippen LogP contribution in [-0.4, -0.2) is 32.6 Å². The van der Waals surface area contributed by atoms with Crippen molar-refractivity contribution in [2.75, 3.05) is 21.3 Å². The van der Waals surface area contributed by atoms with Gasteiger partial charge in [-0.15, -0.1) is 0 Å². The van der Waals surface area contributed by atoms with E-state index in [1.807, 2.05) is 32.0 Å². The molecule has 0 fully saturated rings. The Hall–Kier alpha value is -3.50. The molecule has 7 heteroatoms. The average Bonchev–Trinajstić information content (AvgIpc) is 2.90. The van der Waals surface area contributed by atoms with Crippen molar-refractivity contribution in [2.24, 2.45) is 0 Å². The van der Waals surface area contributed by atoms with E-state index in [1.54, 1.807) is 24.3 Å². The van der Waals surface area contributed by atoms with E-state index in [2.05, 4.69) is 0 Å². The van der Waals surface area contributed by atoms with Crippen molar-refractivity contribution in [3.8, 4) is 17.2 Å². The minimum absolute atomic E-state index is 0.0392. The van der Waals surface area contributed by atoms with Crippen molar-refractivity contribution in [3.05, 3.63) is 82.4 Å². The fourth-order valence-electron chi connectivity index (χ4n) is 3.94. The van der Waals surface area contributed by atoms with Gasteiger partial charge in [0.25, 0.3) is 0 Å². The lowest BCUT2D eigenvalue weighted by molar-refractivity contribution is 0.103. The van der Waals surface area contributed by atoms with Gasteiger partial charge in [0.15, 0.2) is 11.3 Å². The van der Waals surface area contributed by atoms with Gasteiger partial charge in [-0.2, -0.15) is 0 Å². The van der Waals surface area contributed by atoms with Crippen LogP contribution in [0.5, 0.6) is 17.2 Å². The summed E-state index contributed by atoms with van der Waals surface area (Å²) in [7, 11) is 1.64. The molecule has 34 heavy (non-hydrogen) atoms. The first-order chi connectivity index (χ1) is 16.4. The van der Waals surface area contributed by atoms with Crippen LogP contribution < -0.4 is 19.5 Å². The van der Waals surface area contributed by atoms with E-state index < -0.39 is 13.3 Å². The monoisotopic (exact) mass is 479 g/mol. The number of carbonyl (C=O) groups is 2. The number of aryl methyl sites for hydroxylation is 2. The molecule has 0 bridgehead atoms. The van der Waals surface area contributed by atoms with Crippen molar-refractivity contribution < 1.29 is 28.4 Å². The Balaban J connectivity index is 2.13. The van der Waals surface area contributed by atoms with Gasteiger partial charge in [0.1, 0.15) is 17.2 Å². The summed E-state index contributed by atoms with van der Waals surface area (Å²) in [6, 6.07) is 15.4. The van der Waals surface area contributed by atoms with Gasteiger partial charge in [-0.25, -0.2) is 4.79 Å². The lowest BCUT2D eigenvalue weighted by Gasteiger charge is -2.13. The summed E-state index contributed by atoms with van der Waals surface area (Å²) in [6.45, 7) is 3.98. The predicted molar refractivity (Wildman–Crippen MR) is 133 cm³/mol. The molecule has 0 radical (unpaired) electrons. The minimum Gasteiger partial charge on any atom is -0.496 e. The van der Waals surface area contributed by atoms with Gasteiger partial charge in [0.05, 0.1) is 26.9 Å². The summed E-state index contributed by atoms with van der Waals surface area (Å²) in [5, 5.41) is 0.181. The van der Waals surface area contributed by atoms with Crippen molar-refractivity contribution in [3.63, 3.8) is 0 Å². The third-order valence-electron chi connectivity index (χ3n) is 5.71. The Morgan fingerprint density at radius 2 is 1.32 bits per heavy atom. The highest BCUT2D eigenvalue weighted by Crippen LogP contribution is 2.40. The Bertz CT molecular complexity index is 1200. The molecule has 176 valence electrons. The number of methoxy groups -OCH3 is 3. The van der Waals surface area contributed by atoms with Gasteiger partial charge in [-0.05, 0) is 36.1 Å². The maximum Gasteiger partial charge on any atom is 0.459 e. The fourth-order valence-corrected chi connectivity index (χ4v) is 5.20.